The minimum Gasteiger partial charge on any atom is -0.480 e. The Bertz CT molecular complexity index is 782. The molecule has 184 valence electrons. The van der Waals surface area contributed by atoms with Gasteiger partial charge in [-0.05, 0) is 37.8 Å². The fraction of sp³-hybridized carbons (Fsp3) is 0.524. The first kappa shape index (κ1) is 28.4. The predicted molar refractivity (Wildman–Crippen MR) is 125 cm³/mol. The van der Waals surface area contributed by atoms with E-state index in [2.05, 4.69) is 28.6 Å². The number of aliphatic hydroxyl groups excluding tert-OH is 1. The first-order chi connectivity index (χ1) is 15.7. The third-order valence-electron chi connectivity index (χ3n) is 4.83. The fourth-order valence-corrected chi connectivity index (χ4v) is 3.18. The molecule has 9 N–H and O–H groups in total. The lowest BCUT2D eigenvalue weighted by atomic mass is 10.0. The Morgan fingerprint density at radius 1 is 0.909 bits per heavy atom. The summed E-state index contributed by atoms with van der Waals surface area (Å²) < 4.78 is 0. The monoisotopic (exact) mass is 483 g/mol. The highest BCUT2D eigenvalue weighted by molar-refractivity contribution is 7.80. The maximum atomic E-state index is 12.8. The Morgan fingerprint density at radius 2 is 1.48 bits per heavy atom. The van der Waals surface area contributed by atoms with Crippen LogP contribution < -0.4 is 27.4 Å². The number of carbonyl (C=O) groups is 4. The molecule has 0 aliphatic carbocycles. The number of nitrogens with two attached hydrogens (primary N) is 2. The van der Waals surface area contributed by atoms with Crippen molar-refractivity contribution in [3.8, 4) is 0 Å². The molecule has 0 radical (unpaired) electrons. The van der Waals surface area contributed by atoms with E-state index in [-0.39, 0.29) is 18.6 Å². The Labute approximate surface area is 198 Å². The zero-order valence-electron chi connectivity index (χ0n) is 18.3. The molecule has 1 rings (SSSR count). The summed E-state index contributed by atoms with van der Waals surface area (Å²) in [6, 6.07) is 4.62. The van der Waals surface area contributed by atoms with Crippen molar-refractivity contribution in [1.29, 1.82) is 0 Å². The first-order valence-corrected chi connectivity index (χ1v) is 11.2. The van der Waals surface area contributed by atoms with E-state index < -0.39 is 54.5 Å². The van der Waals surface area contributed by atoms with Crippen molar-refractivity contribution < 1.29 is 29.4 Å². The lowest BCUT2D eigenvalue weighted by Crippen LogP contribution is -2.58. The number of unbranched alkanes of at least 4 members (excludes halogenated alkanes) is 1. The molecule has 1 aromatic carbocycles. The number of nitrogens with one attached hydrogen (secondary N) is 3. The van der Waals surface area contributed by atoms with Crippen LogP contribution in [0.1, 0.15) is 24.8 Å². The van der Waals surface area contributed by atoms with Crippen molar-refractivity contribution in [2.24, 2.45) is 11.5 Å². The summed E-state index contributed by atoms with van der Waals surface area (Å²) in [5.74, 6) is -3.55. The van der Waals surface area contributed by atoms with E-state index in [0.717, 1.165) is 5.56 Å². The third kappa shape index (κ3) is 10.2. The Morgan fingerprint density at radius 3 is 2.03 bits per heavy atom. The Balaban J connectivity index is 2.82. The molecular weight excluding hydrogens is 450 g/mol. The minimum atomic E-state index is -1.52. The van der Waals surface area contributed by atoms with Gasteiger partial charge in [0.1, 0.15) is 18.1 Å². The second-order valence-corrected chi connectivity index (χ2v) is 7.83. The molecule has 12 heteroatoms. The van der Waals surface area contributed by atoms with E-state index in [9.17, 15) is 19.2 Å². The number of carboxylic acids is 1. The largest absolute Gasteiger partial charge is 0.480 e. The molecule has 0 heterocycles. The predicted octanol–water partition coefficient (Wildman–Crippen LogP) is -1.85. The summed E-state index contributed by atoms with van der Waals surface area (Å²) in [5.41, 5.74) is 12.4. The molecule has 0 aliphatic heterocycles. The molecule has 0 aliphatic rings. The molecule has 33 heavy (non-hydrogen) atoms. The van der Waals surface area contributed by atoms with E-state index in [4.69, 9.17) is 21.7 Å². The average molecular weight is 484 g/mol. The van der Waals surface area contributed by atoms with Crippen molar-refractivity contribution >= 4 is 36.3 Å². The Kier molecular flexibility index (Phi) is 13.1. The molecule has 0 bridgehead atoms. The zero-order chi connectivity index (χ0) is 24.8. The van der Waals surface area contributed by atoms with Crippen LogP contribution in [0, 0.1) is 0 Å². The molecule has 3 amide bonds. The van der Waals surface area contributed by atoms with Crippen molar-refractivity contribution in [2.75, 3.05) is 18.9 Å². The van der Waals surface area contributed by atoms with Gasteiger partial charge in [0, 0.05) is 5.75 Å². The van der Waals surface area contributed by atoms with Crippen LogP contribution in [0.25, 0.3) is 0 Å². The third-order valence-corrected chi connectivity index (χ3v) is 5.19. The molecular formula is C21H33N5O6S. The van der Waals surface area contributed by atoms with Crippen LogP contribution in [0.3, 0.4) is 0 Å². The Hall–Kier alpha value is -2.67. The van der Waals surface area contributed by atoms with Crippen molar-refractivity contribution in [3.05, 3.63) is 35.9 Å². The van der Waals surface area contributed by atoms with Crippen LogP contribution >= 0.6 is 12.6 Å². The maximum Gasteiger partial charge on any atom is 0.328 e. The molecule has 0 saturated heterocycles. The molecule has 0 fully saturated rings. The van der Waals surface area contributed by atoms with Crippen molar-refractivity contribution in [2.45, 2.75) is 49.9 Å². The number of hydrogen-bond donors (Lipinski definition) is 8. The van der Waals surface area contributed by atoms with Gasteiger partial charge in [-0.1, -0.05) is 30.3 Å². The summed E-state index contributed by atoms with van der Waals surface area (Å²) in [5, 5.41) is 25.3. The highest BCUT2D eigenvalue weighted by Crippen LogP contribution is 2.06. The fourth-order valence-electron chi connectivity index (χ4n) is 2.93. The first-order valence-electron chi connectivity index (χ1n) is 10.6. The van der Waals surface area contributed by atoms with Gasteiger partial charge in [0.15, 0.2) is 0 Å². The van der Waals surface area contributed by atoms with Gasteiger partial charge in [0.25, 0.3) is 0 Å². The number of aliphatic carboxylic acids is 1. The van der Waals surface area contributed by atoms with Crippen LogP contribution in [0.15, 0.2) is 30.3 Å². The minimum absolute atomic E-state index is 0.133. The maximum absolute atomic E-state index is 12.8. The van der Waals surface area contributed by atoms with Gasteiger partial charge in [0.05, 0.1) is 12.6 Å². The number of carboxylic acid groups (broad SMARTS) is 1. The molecule has 1 aromatic rings. The normalized spacial score (nSPS) is 14.4. The van der Waals surface area contributed by atoms with Gasteiger partial charge in [-0.15, -0.1) is 0 Å². The molecule has 0 aromatic heterocycles. The number of aliphatic hydroxyl groups is 1. The van der Waals surface area contributed by atoms with Gasteiger partial charge in [0.2, 0.25) is 17.7 Å². The molecule has 0 saturated carbocycles. The molecule has 0 spiro atoms. The van der Waals surface area contributed by atoms with Crippen LogP contribution in [-0.2, 0) is 25.6 Å². The van der Waals surface area contributed by atoms with E-state index in [1.54, 1.807) is 0 Å². The van der Waals surface area contributed by atoms with Crippen molar-refractivity contribution in [3.63, 3.8) is 0 Å². The quantitative estimate of drug-likeness (QED) is 0.105. The smallest absolute Gasteiger partial charge is 0.328 e. The highest BCUT2D eigenvalue weighted by atomic mass is 32.1. The molecule has 4 unspecified atom stereocenters. The summed E-state index contributed by atoms with van der Waals surface area (Å²) in [7, 11) is 0. The van der Waals surface area contributed by atoms with Gasteiger partial charge in [-0.2, -0.15) is 12.6 Å². The van der Waals surface area contributed by atoms with E-state index in [0.29, 0.717) is 19.4 Å². The number of amides is 3. The SMILES string of the molecule is NCCCCC(NC(=O)C(N)Cc1ccccc1)C(=O)NC(CS)C(=O)NC(CO)C(=O)O. The zero-order valence-corrected chi connectivity index (χ0v) is 19.2. The van der Waals surface area contributed by atoms with Gasteiger partial charge in [-0.25, -0.2) is 4.79 Å². The number of carbonyl (C=O) groups excluding carboxylic acids is 3. The highest BCUT2D eigenvalue weighted by Gasteiger charge is 2.29. The number of benzene rings is 1. The number of thiol groups is 1. The molecule has 11 nitrogen and oxygen atoms in total. The van der Waals surface area contributed by atoms with E-state index >= 15 is 0 Å². The summed E-state index contributed by atoms with van der Waals surface area (Å²) in [4.78, 5) is 48.8. The van der Waals surface area contributed by atoms with Crippen LogP contribution in [0.4, 0.5) is 0 Å². The topological polar surface area (TPSA) is 197 Å². The number of hydrogen-bond acceptors (Lipinski definition) is 8. The lowest BCUT2D eigenvalue weighted by Gasteiger charge is -2.24. The summed E-state index contributed by atoms with van der Waals surface area (Å²) in [6.45, 7) is -0.402. The lowest BCUT2D eigenvalue weighted by molar-refractivity contribution is -0.143. The van der Waals surface area contributed by atoms with Gasteiger partial charge < -0.3 is 37.6 Å². The summed E-state index contributed by atoms with van der Waals surface area (Å²) in [6.07, 6.45) is 1.72. The number of rotatable bonds is 15. The average Bonchev–Trinajstić information content (AvgIpc) is 2.80. The summed E-state index contributed by atoms with van der Waals surface area (Å²) >= 11 is 4.04. The molecule has 4 atom stereocenters. The van der Waals surface area contributed by atoms with Crippen LogP contribution in [0.5, 0.6) is 0 Å². The second-order valence-electron chi connectivity index (χ2n) is 7.47. The van der Waals surface area contributed by atoms with Gasteiger partial charge >= 0.3 is 5.97 Å². The van der Waals surface area contributed by atoms with E-state index in [1.165, 1.54) is 0 Å². The van der Waals surface area contributed by atoms with E-state index in [1.807, 2.05) is 30.3 Å². The van der Waals surface area contributed by atoms with Crippen LogP contribution in [-0.4, -0.2) is 77.0 Å². The standard InChI is InChI=1S/C21H33N5O6S/c22-9-5-4-8-15(24-18(28)14(23)10-13-6-2-1-3-7-13)19(29)26-17(12-33)20(30)25-16(11-27)21(31)32/h1-3,6-7,14-17,27,33H,4-5,8-12,22-23H2,(H,24,28)(H,25,30)(H,26,29)(H,31,32). The van der Waals surface area contributed by atoms with Crippen molar-refractivity contribution in [1.82, 2.24) is 16.0 Å². The van der Waals surface area contributed by atoms with Crippen LogP contribution in [0.2, 0.25) is 0 Å². The second kappa shape index (κ2) is 15.2. The van der Waals surface area contributed by atoms with Gasteiger partial charge in [-0.3, -0.25) is 14.4 Å².